The van der Waals surface area contributed by atoms with Crippen molar-refractivity contribution in [1.29, 1.82) is 0 Å². The molecule has 0 fully saturated rings. The molecule has 0 heterocycles. The lowest BCUT2D eigenvalue weighted by molar-refractivity contribution is 0.0997. The molecule has 2 rings (SSSR count). The lowest BCUT2D eigenvalue weighted by atomic mass is 10.1. The van der Waals surface area contributed by atoms with E-state index >= 15 is 0 Å². The smallest absolute Gasteiger partial charge is 0.253 e. The summed E-state index contributed by atoms with van der Waals surface area (Å²) < 4.78 is 19.6. The highest BCUT2D eigenvalue weighted by molar-refractivity contribution is 9.10. The maximum atomic E-state index is 14.0. The number of halogens is 2. The molecular weight excluding hydrogens is 351 g/mol. The van der Waals surface area contributed by atoms with Gasteiger partial charge in [-0.15, -0.1) is 0 Å². The number of amides is 1. The predicted octanol–water partition coefficient (Wildman–Crippen LogP) is 3.33. The quantitative estimate of drug-likeness (QED) is 0.882. The summed E-state index contributed by atoms with van der Waals surface area (Å²) in [6.07, 6.45) is 0. The Kier molecular flexibility index (Phi) is 5.03. The highest BCUT2D eigenvalue weighted by Gasteiger charge is 2.18. The maximum absolute atomic E-state index is 14.0. The third kappa shape index (κ3) is 3.57. The van der Waals surface area contributed by atoms with Crippen LogP contribution in [-0.2, 0) is 6.54 Å². The molecule has 0 aliphatic carbocycles. The first-order valence-electron chi connectivity index (χ1n) is 6.55. The van der Waals surface area contributed by atoms with Crippen LogP contribution in [0.3, 0.4) is 0 Å². The van der Waals surface area contributed by atoms with E-state index in [-0.39, 0.29) is 5.56 Å². The van der Waals surface area contributed by atoms with Gasteiger partial charge in [-0.3, -0.25) is 4.79 Å². The Balaban J connectivity index is 2.32. The molecule has 6 heteroatoms. The number of hydrogen-bond acceptors (Lipinski definition) is 3. The second-order valence-electron chi connectivity index (χ2n) is 4.85. The molecule has 4 nitrogen and oxygen atoms in total. The lowest BCUT2D eigenvalue weighted by Crippen LogP contribution is -2.23. The minimum atomic E-state index is -0.790. The van der Waals surface area contributed by atoms with Crippen LogP contribution >= 0.6 is 15.9 Å². The standard InChI is InChI=1S/C16H16BrFN2O2/c1-20(9-10-3-5-12(22-2)6-4-10)14-8-11(17)7-13(18)15(14)16(19)21/h3-8H,9H2,1-2H3,(H2,19,21). The Hall–Kier alpha value is -2.08. The van der Waals surface area contributed by atoms with Crippen molar-refractivity contribution in [2.24, 2.45) is 5.73 Å². The second kappa shape index (κ2) is 6.79. The van der Waals surface area contributed by atoms with Crippen molar-refractivity contribution in [3.05, 3.63) is 57.8 Å². The molecular formula is C16H16BrFN2O2. The predicted molar refractivity (Wildman–Crippen MR) is 87.7 cm³/mol. The largest absolute Gasteiger partial charge is 0.497 e. The summed E-state index contributed by atoms with van der Waals surface area (Å²) in [6.45, 7) is 0.500. The average Bonchev–Trinajstić information content (AvgIpc) is 2.46. The van der Waals surface area contributed by atoms with Crippen LogP contribution in [-0.4, -0.2) is 20.1 Å². The van der Waals surface area contributed by atoms with Crippen molar-refractivity contribution < 1.29 is 13.9 Å². The number of primary amides is 1. The van der Waals surface area contributed by atoms with Gasteiger partial charge in [-0.05, 0) is 29.8 Å². The van der Waals surface area contributed by atoms with Gasteiger partial charge in [-0.2, -0.15) is 0 Å². The maximum Gasteiger partial charge on any atom is 0.253 e. The van der Waals surface area contributed by atoms with Gasteiger partial charge < -0.3 is 15.4 Å². The van der Waals surface area contributed by atoms with Gasteiger partial charge in [-0.25, -0.2) is 4.39 Å². The minimum Gasteiger partial charge on any atom is -0.497 e. The number of nitrogens with zero attached hydrogens (tertiary/aromatic N) is 1. The Morgan fingerprint density at radius 2 is 1.95 bits per heavy atom. The van der Waals surface area contributed by atoms with Gasteiger partial charge in [-0.1, -0.05) is 28.1 Å². The number of carbonyl (C=O) groups is 1. The fraction of sp³-hybridized carbons (Fsp3) is 0.188. The first kappa shape index (κ1) is 16.3. The Bertz CT molecular complexity index is 689. The Morgan fingerprint density at radius 1 is 1.32 bits per heavy atom. The summed E-state index contributed by atoms with van der Waals surface area (Å²) >= 11 is 3.23. The van der Waals surface area contributed by atoms with Gasteiger partial charge in [0.1, 0.15) is 11.6 Å². The molecule has 0 aromatic heterocycles. The second-order valence-corrected chi connectivity index (χ2v) is 5.77. The molecule has 0 bridgehead atoms. The molecule has 0 saturated carbocycles. The SMILES string of the molecule is COc1ccc(CN(C)c2cc(Br)cc(F)c2C(N)=O)cc1. The molecule has 1 amide bonds. The summed E-state index contributed by atoms with van der Waals surface area (Å²) in [5.74, 6) is -0.669. The molecule has 2 aromatic carbocycles. The first-order chi connectivity index (χ1) is 10.4. The molecule has 0 aliphatic heterocycles. The van der Waals surface area contributed by atoms with E-state index in [0.717, 1.165) is 11.3 Å². The molecule has 2 N–H and O–H groups in total. The first-order valence-corrected chi connectivity index (χ1v) is 7.34. The van der Waals surface area contributed by atoms with Crippen LogP contribution in [0.4, 0.5) is 10.1 Å². The monoisotopic (exact) mass is 366 g/mol. The zero-order chi connectivity index (χ0) is 16.3. The molecule has 0 aliphatic rings. The number of carbonyl (C=O) groups excluding carboxylic acids is 1. The highest BCUT2D eigenvalue weighted by Crippen LogP contribution is 2.28. The average molecular weight is 367 g/mol. The topological polar surface area (TPSA) is 55.6 Å². The number of anilines is 1. The molecule has 2 aromatic rings. The van der Waals surface area contributed by atoms with E-state index in [1.807, 2.05) is 24.3 Å². The number of methoxy groups -OCH3 is 1. The van der Waals surface area contributed by atoms with Crippen LogP contribution in [0.1, 0.15) is 15.9 Å². The molecule has 0 spiro atoms. The highest BCUT2D eigenvalue weighted by atomic mass is 79.9. The summed E-state index contributed by atoms with van der Waals surface area (Å²) in [7, 11) is 3.38. The third-order valence-electron chi connectivity index (χ3n) is 3.27. The Labute approximate surface area is 136 Å². The number of hydrogen-bond donors (Lipinski definition) is 1. The number of ether oxygens (including phenoxy) is 1. The fourth-order valence-electron chi connectivity index (χ4n) is 2.19. The van der Waals surface area contributed by atoms with Gasteiger partial charge in [0.15, 0.2) is 0 Å². The van der Waals surface area contributed by atoms with Crippen LogP contribution in [0.25, 0.3) is 0 Å². The van der Waals surface area contributed by atoms with Crippen molar-refractivity contribution in [2.75, 3.05) is 19.1 Å². The minimum absolute atomic E-state index is 0.112. The molecule has 0 unspecified atom stereocenters. The zero-order valence-corrected chi connectivity index (χ0v) is 13.9. The van der Waals surface area contributed by atoms with Gasteiger partial charge >= 0.3 is 0 Å². The van der Waals surface area contributed by atoms with Gasteiger partial charge in [0.05, 0.1) is 18.4 Å². The number of benzene rings is 2. The number of nitrogens with two attached hydrogens (primary N) is 1. The molecule has 0 atom stereocenters. The van der Waals surface area contributed by atoms with Crippen molar-refractivity contribution in [3.8, 4) is 5.75 Å². The zero-order valence-electron chi connectivity index (χ0n) is 12.3. The van der Waals surface area contributed by atoms with E-state index in [9.17, 15) is 9.18 Å². The molecule has 0 radical (unpaired) electrons. The van der Waals surface area contributed by atoms with E-state index in [1.54, 1.807) is 25.1 Å². The summed E-state index contributed by atoms with van der Waals surface area (Å²) in [6, 6.07) is 10.4. The van der Waals surface area contributed by atoms with Crippen LogP contribution < -0.4 is 15.4 Å². The fourth-order valence-corrected chi connectivity index (χ4v) is 2.61. The van der Waals surface area contributed by atoms with E-state index < -0.39 is 11.7 Å². The third-order valence-corrected chi connectivity index (χ3v) is 3.73. The van der Waals surface area contributed by atoms with E-state index in [1.165, 1.54) is 6.07 Å². The lowest BCUT2D eigenvalue weighted by Gasteiger charge is -2.22. The molecule has 0 saturated heterocycles. The normalized spacial score (nSPS) is 10.4. The number of rotatable bonds is 5. The molecule has 22 heavy (non-hydrogen) atoms. The van der Waals surface area contributed by atoms with E-state index in [4.69, 9.17) is 10.5 Å². The van der Waals surface area contributed by atoms with Crippen molar-refractivity contribution in [3.63, 3.8) is 0 Å². The van der Waals surface area contributed by atoms with Crippen molar-refractivity contribution >= 4 is 27.5 Å². The van der Waals surface area contributed by atoms with Crippen LogP contribution in [0.2, 0.25) is 0 Å². The summed E-state index contributed by atoms with van der Waals surface area (Å²) in [4.78, 5) is 13.3. The van der Waals surface area contributed by atoms with Crippen molar-refractivity contribution in [1.82, 2.24) is 0 Å². The molecule has 116 valence electrons. The van der Waals surface area contributed by atoms with Crippen LogP contribution in [0.15, 0.2) is 40.9 Å². The Morgan fingerprint density at radius 3 is 2.50 bits per heavy atom. The van der Waals surface area contributed by atoms with Gasteiger partial charge in [0.25, 0.3) is 5.91 Å². The van der Waals surface area contributed by atoms with Gasteiger partial charge in [0, 0.05) is 18.1 Å². The summed E-state index contributed by atoms with van der Waals surface area (Å²) in [5.41, 5.74) is 6.62. The van der Waals surface area contributed by atoms with Gasteiger partial charge in [0.2, 0.25) is 0 Å². The van der Waals surface area contributed by atoms with Crippen molar-refractivity contribution in [2.45, 2.75) is 6.54 Å². The van der Waals surface area contributed by atoms with Crippen LogP contribution in [0, 0.1) is 5.82 Å². The van der Waals surface area contributed by atoms with Crippen LogP contribution in [0.5, 0.6) is 5.75 Å². The van der Waals surface area contributed by atoms with E-state index in [0.29, 0.717) is 16.7 Å². The summed E-state index contributed by atoms with van der Waals surface area (Å²) in [5, 5.41) is 0. The van der Waals surface area contributed by atoms with E-state index in [2.05, 4.69) is 15.9 Å².